The molecule has 1 unspecified atom stereocenters. The maximum Gasteiger partial charge on any atom is 0.237 e. The summed E-state index contributed by atoms with van der Waals surface area (Å²) in [7, 11) is 0. The molecule has 0 radical (unpaired) electrons. The molecule has 148 valence electrons. The molecule has 1 aliphatic rings. The Balaban J connectivity index is 1.65. The van der Waals surface area contributed by atoms with E-state index >= 15 is 0 Å². The highest BCUT2D eigenvalue weighted by molar-refractivity contribution is 6.33. The van der Waals surface area contributed by atoms with Crippen molar-refractivity contribution in [3.8, 4) is 17.5 Å². The van der Waals surface area contributed by atoms with Gasteiger partial charge in [0.25, 0.3) is 0 Å². The fraction of sp³-hybridized carbons (Fsp3) is 0.476. The number of aryl methyl sites for hydroxylation is 1. The Hall–Kier alpha value is -2.36. The summed E-state index contributed by atoms with van der Waals surface area (Å²) in [6, 6.07) is 9.35. The number of hydrogen-bond donors (Lipinski definition) is 1. The number of benzene rings is 1. The van der Waals surface area contributed by atoms with Crippen LogP contribution in [0, 0.1) is 18.3 Å². The van der Waals surface area contributed by atoms with E-state index in [0.717, 1.165) is 29.9 Å². The zero-order valence-electron chi connectivity index (χ0n) is 16.5. The first-order valence-electron chi connectivity index (χ1n) is 9.46. The number of nitrogens with one attached hydrogen (secondary N) is 1. The second-order valence-electron chi connectivity index (χ2n) is 7.79. The van der Waals surface area contributed by atoms with Crippen LogP contribution in [0.15, 0.2) is 28.7 Å². The highest BCUT2D eigenvalue weighted by Crippen LogP contribution is 2.29. The summed E-state index contributed by atoms with van der Waals surface area (Å²) in [4.78, 5) is 18.8. The number of rotatable bonds is 6. The Morgan fingerprint density at radius 3 is 2.93 bits per heavy atom. The predicted octanol–water partition coefficient (Wildman–Crippen LogP) is 3.73. The molecule has 1 saturated heterocycles. The molecule has 1 N–H and O–H groups in total. The van der Waals surface area contributed by atoms with Crippen LogP contribution in [-0.4, -0.2) is 40.5 Å². The summed E-state index contributed by atoms with van der Waals surface area (Å²) in [5.41, 5.74) is 1.23. The third kappa shape index (κ3) is 4.54. The number of oxazole rings is 1. The van der Waals surface area contributed by atoms with Crippen LogP contribution in [0.4, 0.5) is 0 Å². The summed E-state index contributed by atoms with van der Waals surface area (Å²) in [6.07, 6.45) is 2.24. The molecule has 2 aromatic rings. The Morgan fingerprint density at radius 1 is 1.46 bits per heavy atom. The fourth-order valence-electron chi connectivity index (χ4n) is 3.44. The Bertz CT molecular complexity index is 900. The van der Waals surface area contributed by atoms with E-state index in [4.69, 9.17) is 21.3 Å². The molecule has 1 aromatic carbocycles. The highest BCUT2D eigenvalue weighted by Gasteiger charge is 2.30. The minimum absolute atomic E-state index is 0.0363. The third-order valence-corrected chi connectivity index (χ3v) is 5.38. The van der Waals surface area contributed by atoms with Crippen molar-refractivity contribution in [1.82, 2.24) is 15.2 Å². The van der Waals surface area contributed by atoms with Crippen molar-refractivity contribution in [2.24, 2.45) is 0 Å². The van der Waals surface area contributed by atoms with Crippen LogP contribution >= 0.6 is 11.6 Å². The molecule has 1 aliphatic heterocycles. The van der Waals surface area contributed by atoms with Gasteiger partial charge in [0.2, 0.25) is 11.8 Å². The molecule has 0 aliphatic carbocycles. The van der Waals surface area contributed by atoms with Crippen LogP contribution < -0.4 is 5.32 Å². The summed E-state index contributed by atoms with van der Waals surface area (Å²) < 4.78 is 5.83. The summed E-state index contributed by atoms with van der Waals surface area (Å²) in [5.74, 6) is 1.20. The van der Waals surface area contributed by atoms with Crippen molar-refractivity contribution in [2.45, 2.75) is 51.6 Å². The van der Waals surface area contributed by atoms with Gasteiger partial charge >= 0.3 is 0 Å². The van der Waals surface area contributed by atoms with Crippen molar-refractivity contribution in [3.05, 3.63) is 40.7 Å². The second kappa shape index (κ2) is 8.34. The Morgan fingerprint density at radius 2 is 2.21 bits per heavy atom. The van der Waals surface area contributed by atoms with Gasteiger partial charge in [0, 0.05) is 18.5 Å². The molecule has 2 heterocycles. The van der Waals surface area contributed by atoms with E-state index in [-0.39, 0.29) is 24.0 Å². The van der Waals surface area contributed by atoms with Crippen LogP contribution in [0.5, 0.6) is 0 Å². The predicted molar refractivity (Wildman–Crippen MR) is 108 cm³/mol. The zero-order valence-corrected chi connectivity index (χ0v) is 17.2. The number of hydrogen-bond acceptors (Lipinski definition) is 5. The molecule has 0 saturated carbocycles. The monoisotopic (exact) mass is 400 g/mol. The molecular formula is C21H25ClN4O2. The van der Waals surface area contributed by atoms with Crippen molar-refractivity contribution >= 4 is 17.5 Å². The zero-order chi connectivity index (χ0) is 20.3. The van der Waals surface area contributed by atoms with Gasteiger partial charge in [0.1, 0.15) is 11.8 Å². The molecule has 28 heavy (non-hydrogen) atoms. The number of aromatic nitrogens is 1. The number of carbonyl (C=O) groups is 1. The largest absolute Gasteiger partial charge is 0.441 e. The van der Waals surface area contributed by atoms with Crippen LogP contribution in [0.25, 0.3) is 11.5 Å². The third-order valence-electron chi connectivity index (χ3n) is 5.05. The van der Waals surface area contributed by atoms with Gasteiger partial charge in [-0.1, -0.05) is 23.7 Å². The normalized spacial score (nSPS) is 17.0. The molecule has 1 atom stereocenters. The molecule has 0 spiro atoms. The quantitative estimate of drug-likeness (QED) is 0.798. The van der Waals surface area contributed by atoms with Crippen molar-refractivity contribution in [3.63, 3.8) is 0 Å². The van der Waals surface area contributed by atoms with Gasteiger partial charge in [0.15, 0.2) is 0 Å². The summed E-state index contributed by atoms with van der Waals surface area (Å²) in [5, 5.41) is 13.1. The minimum Gasteiger partial charge on any atom is -0.441 e. The van der Waals surface area contributed by atoms with Crippen LogP contribution in [0.1, 0.15) is 38.1 Å². The van der Waals surface area contributed by atoms with Gasteiger partial charge in [-0.2, -0.15) is 5.26 Å². The van der Waals surface area contributed by atoms with E-state index in [2.05, 4.69) is 16.4 Å². The van der Waals surface area contributed by atoms with Crippen molar-refractivity contribution in [2.75, 3.05) is 13.1 Å². The molecule has 1 fully saturated rings. The van der Waals surface area contributed by atoms with E-state index in [1.54, 1.807) is 11.0 Å². The average molecular weight is 401 g/mol. The molecule has 3 rings (SSSR count). The van der Waals surface area contributed by atoms with Gasteiger partial charge in [-0.15, -0.1) is 0 Å². The van der Waals surface area contributed by atoms with E-state index in [9.17, 15) is 4.79 Å². The molecule has 1 aromatic heterocycles. The standard InChI is InChI=1S/C21H25ClN4O2/c1-14-18(25-20(28-14)16-8-4-5-9-17(16)22)11-21(2,3)24-13-19(27)26-10-6-7-15(26)12-23/h4-5,8-9,15,24H,6-7,10-11,13H2,1-3H3. The number of carbonyl (C=O) groups excluding carboxylic acids is 1. The first-order chi connectivity index (χ1) is 13.3. The van der Waals surface area contributed by atoms with Crippen molar-refractivity contribution in [1.29, 1.82) is 5.26 Å². The van der Waals surface area contributed by atoms with E-state index in [1.807, 2.05) is 39.0 Å². The first kappa shape index (κ1) is 20.4. The van der Waals surface area contributed by atoms with Crippen LogP contribution in [0.3, 0.4) is 0 Å². The molecule has 1 amide bonds. The Labute approximate surface area is 170 Å². The number of nitriles is 1. The van der Waals surface area contributed by atoms with Gasteiger partial charge in [-0.25, -0.2) is 4.98 Å². The molecular weight excluding hydrogens is 376 g/mol. The lowest BCUT2D eigenvalue weighted by Crippen LogP contribution is -2.48. The summed E-state index contributed by atoms with van der Waals surface area (Å²) >= 11 is 6.25. The molecule has 7 heteroatoms. The lowest BCUT2D eigenvalue weighted by molar-refractivity contribution is -0.130. The first-order valence-corrected chi connectivity index (χ1v) is 9.84. The lowest BCUT2D eigenvalue weighted by Gasteiger charge is -2.27. The number of likely N-dealkylation sites (tertiary alicyclic amines) is 1. The Kier molecular flexibility index (Phi) is 6.07. The van der Waals surface area contributed by atoms with Crippen LogP contribution in [0.2, 0.25) is 5.02 Å². The minimum atomic E-state index is -0.364. The summed E-state index contributed by atoms with van der Waals surface area (Å²) in [6.45, 7) is 6.78. The van der Waals surface area contributed by atoms with Gasteiger partial charge in [-0.05, 0) is 45.7 Å². The smallest absolute Gasteiger partial charge is 0.237 e. The van der Waals surface area contributed by atoms with Gasteiger partial charge in [0.05, 0.1) is 28.9 Å². The van der Waals surface area contributed by atoms with Crippen molar-refractivity contribution < 1.29 is 9.21 Å². The van der Waals surface area contributed by atoms with E-state index in [0.29, 0.717) is 23.9 Å². The van der Waals surface area contributed by atoms with Gasteiger partial charge in [-0.3, -0.25) is 4.79 Å². The van der Waals surface area contributed by atoms with Gasteiger partial charge < -0.3 is 14.6 Å². The van der Waals surface area contributed by atoms with E-state index < -0.39 is 0 Å². The number of nitrogens with zero attached hydrogens (tertiary/aromatic N) is 3. The number of halogens is 1. The highest BCUT2D eigenvalue weighted by atomic mass is 35.5. The average Bonchev–Trinajstić information content (AvgIpc) is 3.27. The molecule has 0 bridgehead atoms. The van der Waals surface area contributed by atoms with E-state index in [1.165, 1.54) is 0 Å². The topological polar surface area (TPSA) is 82.2 Å². The fourth-order valence-corrected chi connectivity index (χ4v) is 3.66. The molecule has 6 nitrogen and oxygen atoms in total. The maximum absolute atomic E-state index is 12.5. The maximum atomic E-state index is 12.5. The number of amides is 1. The lowest BCUT2D eigenvalue weighted by atomic mass is 9.97. The van der Waals surface area contributed by atoms with Crippen LogP contribution in [-0.2, 0) is 11.2 Å². The second-order valence-corrected chi connectivity index (χ2v) is 8.20. The SMILES string of the molecule is Cc1oc(-c2ccccc2Cl)nc1CC(C)(C)NCC(=O)N1CCCC1C#N.